The van der Waals surface area contributed by atoms with Crippen LogP contribution in [0, 0.1) is 5.92 Å². The van der Waals surface area contributed by atoms with E-state index in [1.165, 1.54) is 11.3 Å². The van der Waals surface area contributed by atoms with Gasteiger partial charge in [-0.05, 0) is 29.5 Å². The smallest absolute Gasteiger partial charge is 0.229 e. The highest BCUT2D eigenvalue weighted by Gasteiger charge is 2.16. The Hall–Kier alpha value is -2.18. The second-order valence-corrected chi connectivity index (χ2v) is 6.95. The zero-order valence-corrected chi connectivity index (χ0v) is 14.6. The summed E-state index contributed by atoms with van der Waals surface area (Å²) in [6, 6.07) is 10.8. The van der Waals surface area contributed by atoms with Crippen LogP contribution < -0.4 is 10.6 Å². The largest absolute Gasteiger partial charge is 0.392 e. The molecule has 0 spiro atoms. The number of para-hydroxylation sites is 2. The first kappa shape index (κ1) is 18.2. The minimum absolute atomic E-state index is 0.0106. The van der Waals surface area contributed by atoms with Gasteiger partial charge >= 0.3 is 0 Å². The van der Waals surface area contributed by atoms with Crippen molar-refractivity contribution in [1.29, 1.82) is 0 Å². The molecule has 1 atom stereocenters. The van der Waals surface area contributed by atoms with E-state index in [1.54, 1.807) is 24.3 Å². The molecule has 1 aromatic carbocycles. The Morgan fingerprint density at radius 2 is 1.67 bits per heavy atom. The van der Waals surface area contributed by atoms with Crippen molar-refractivity contribution >= 4 is 34.5 Å². The summed E-state index contributed by atoms with van der Waals surface area (Å²) in [7, 11) is 0. The predicted octanol–water partition coefficient (Wildman–Crippen LogP) is 3.27. The van der Waals surface area contributed by atoms with Crippen LogP contribution in [0.2, 0.25) is 0 Å². The molecule has 2 amide bonds. The molecule has 0 fully saturated rings. The first-order valence-electron chi connectivity index (χ1n) is 7.85. The van der Waals surface area contributed by atoms with Crippen LogP contribution in [0.15, 0.2) is 41.8 Å². The lowest BCUT2D eigenvalue weighted by molar-refractivity contribution is -0.118. The zero-order valence-electron chi connectivity index (χ0n) is 13.8. The zero-order chi connectivity index (χ0) is 17.5. The van der Waals surface area contributed by atoms with E-state index < -0.39 is 6.10 Å². The number of hydrogen-bond donors (Lipinski definition) is 3. The van der Waals surface area contributed by atoms with Crippen LogP contribution in [0.3, 0.4) is 0 Å². The maximum atomic E-state index is 12.1. The lowest BCUT2D eigenvalue weighted by atomic mass is 10.0. The van der Waals surface area contributed by atoms with Crippen molar-refractivity contribution in [3.8, 4) is 0 Å². The highest BCUT2D eigenvalue weighted by atomic mass is 32.1. The average molecular weight is 346 g/mol. The first-order chi connectivity index (χ1) is 11.5. The Morgan fingerprint density at radius 1 is 1.04 bits per heavy atom. The van der Waals surface area contributed by atoms with Crippen molar-refractivity contribution in [2.45, 2.75) is 32.8 Å². The summed E-state index contributed by atoms with van der Waals surface area (Å²) in [6.07, 6.45) is -0.369. The van der Waals surface area contributed by atoms with Gasteiger partial charge in [-0.1, -0.05) is 32.0 Å². The third-order valence-corrected chi connectivity index (χ3v) is 4.43. The van der Waals surface area contributed by atoms with Gasteiger partial charge in [0.05, 0.1) is 30.3 Å². The SMILES string of the molecule is CC(C)C(O)CC(=O)Nc1ccccc1NC(=O)Cc1cccs1. The van der Waals surface area contributed by atoms with Crippen molar-refractivity contribution in [2.75, 3.05) is 10.6 Å². The summed E-state index contributed by atoms with van der Waals surface area (Å²) < 4.78 is 0. The van der Waals surface area contributed by atoms with Gasteiger partial charge in [0.15, 0.2) is 0 Å². The third-order valence-electron chi connectivity index (χ3n) is 3.55. The molecule has 1 aromatic heterocycles. The lowest BCUT2D eigenvalue weighted by Crippen LogP contribution is -2.24. The van der Waals surface area contributed by atoms with E-state index in [2.05, 4.69) is 10.6 Å². The normalized spacial score (nSPS) is 12.0. The molecular weight excluding hydrogens is 324 g/mol. The van der Waals surface area contributed by atoms with Crippen LogP contribution >= 0.6 is 11.3 Å². The van der Waals surface area contributed by atoms with Crippen molar-refractivity contribution < 1.29 is 14.7 Å². The molecule has 24 heavy (non-hydrogen) atoms. The van der Waals surface area contributed by atoms with Crippen LogP contribution in [0.4, 0.5) is 11.4 Å². The monoisotopic (exact) mass is 346 g/mol. The average Bonchev–Trinajstić information content (AvgIpc) is 3.01. The summed E-state index contributed by atoms with van der Waals surface area (Å²) in [6.45, 7) is 3.72. The summed E-state index contributed by atoms with van der Waals surface area (Å²) in [5.41, 5.74) is 1.07. The van der Waals surface area contributed by atoms with Gasteiger partial charge < -0.3 is 15.7 Å². The highest BCUT2D eigenvalue weighted by Crippen LogP contribution is 2.22. The molecule has 0 aliphatic heterocycles. The minimum atomic E-state index is -0.689. The van der Waals surface area contributed by atoms with E-state index in [4.69, 9.17) is 0 Å². The fraction of sp³-hybridized carbons (Fsp3) is 0.333. The van der Waals surface area contributed by atoms with E-state index in [0.29, 0.717) is 17.8 Å². The standard InChI is InChI=1S/C18H22N2O3S/c1-12(2)16(21)11-18(23)20-15-8-4-3-7-14(15)19-17(22)10-13-6-5-9-24-13/h3-9,12,16,21H,10-11H2,1-2H3,(H,19,22)(H,20,23). The summed E-state index contributed by atoms with van der Waals surface area (Å²) in [5, 5.41) is 17.3. The topological polar surface area (TPSA) is 78.4 Å². The van der Waals surface area contributed by atoms with Crippen molar-refractivity contribution in [3.63, 3.8) is 0 Å². The Morgan fingerprint density at radius 3 is 2.21 bits per heavy atom. The number of aliphatic hydroxyl groups excluding tert-OH is 1. The van der Waals surface area contributed by atoms with Crippen LogP contribution in [-0.4, -0.2) is 23.0 Å². The van der Waals surface area contributed by atoms with Gasteiger partial charge in [-0.2, -0.15) is 0 Å². The van der Waals surface area contributed by atoms with Gasteiger partial charge in [0.25, 0.3) is 0 Å². The van der Waals surface area contributed by atoms with Gasteiger partial charge in [-0.3, -0.25) is 9.59 Å². The Bertz CT molecular complexity index is 683. The number of nitrogens with one attached hydrogen (secondary N) is 2. The fourth-order valence-corrected chi connectivity index (χ4v) is 2.80. The van der Waals surface area contributed by atoms with E-state index in [9.17, 15) is 14.7 Å². The molecule has 6 heteroatoms. The fourth-order valence-electron chi connectivity index (χ4n) is 2.09. The van der Waals surface area contributed by atoms with Gasteiger partial charge in [-0.25, -0.2) is 0 Å². The van der Waals surface area contributed by atoms with Crippen LogP contribution in [0.1, 0.15) is 25.1 Å². The van der Waals surface area contributed by atoms with Gasteiger partial charge in [0.2, 0.25) is 11.8 Å². The number of anilines is 2. The van der Waals surface area contributed by atoms with Crippen LogP contribution in [0.5, 0.6) is 0 Å². The maximum Gasteiger partial charge on any atom is 0.229 e. The number of hydrogen-bond acceptors (Lipinski definition) is 4. The van der Waals surface area contributed by atoms with E-state index >= 15 is 0 Å². The molecule has 1 heterocycles. The van der Waals surface area contributed by atoms with Crippen molar-refractivity contribution in [3.05, 3.63) is 46.7 Å². The Labute approximate surface area is 145 Å². The predicted molar refractivity (Wildman–Crippen MR) is 97.2 cm³/mol. The van der Waals surface area contributed by atoms with Crippen LogP contribution in [0.25, 0.3) is 0 Å². The van der Waals surface area contributed by atoms with Crippen LogP contribution in [-0.2, 0) is 16.0 Å². The number of benzene rings is 1. The number of carbonyl (C=O) groups is 2. The van der Waals surface area contributed by atoms with Crippen molar-refractivity contribution in [1.82, 2.24) is 0 Å². The molecule has 0 aliphatic carbocycles. The number of amides is 2. The lowest BCUT2D eigenvalue weighted by Gasteiger charge is -2.16. The molecule has 1 unspecified atom stereocenters. The van der Waals surface area contributed by atoms with E-state index in [-0.39, 0.29) is 24.2 Å². The second kappa shape index (κ2) is 8.61. The number of thiophene rings is 1. The Balaban J connectivity index is 1.99. The molecule has 0 aliphatic rings. The van der Waals surface area contributed by atoms with Crippen molar-refractivity contribution in [2.24, 2.45) is 5.92 Å². The minimum Gasteiger partial charge on any atom is -0.392 e. The molecule has 0 radical (unpaired) electrons. The van der Waals surface area contributed by atoms with Gasteiger partial charge in [-0.15, -0.1) is 11.3 Å². The molecule has 0 bridgehead atoms. The molecule has 2 rings (SSSR count). The van der Waals surface area contributed by atoms with E-state index in [0.717, 1.165) is 4.88 Å². The maximum absolute atomic E-state index is 12.1. The number of rotatable bonds is 7. The quantitative estimate of drug-likeness (QED) is 0.720. The molecule has 5 nitrogen and oxygen atoms in total. The van der Waals surface area contributed by atoms with E-state index in [1.807, 2.05) is 31.4 Å². The Kier molecular flexibility index (Phi) is 6.52. The molecule has 0 saturated carbocycles. The third kappa shape index (κ3) is 5.47. The molecule has 0 saturated heterocycles. The van der Waals surface area contributed by atoms with Gasteiger partial charge in [0.1, 0.15) is 0 Å². The summed E-state index contributed by atoms with van der Waals surface area (Å²) in [4.78, 5) is 25.1. The molecule has 3 N–H and O–H groups in total. The molecule has 128 valence electrons. The molecule has 2 aromatic rings. The highest BCUT2D eigenvalue weighted by molar-refractivity contribution is 7.10. The second-order valence-electron chi connectivity index (χ2n) is 5.91. The number of carbonyl (C=O) groups excluding carboxylic acids is 2. The molecular formula is C18H22N2O3S. The van der Waals surface area contributed by atoms with Gasteiger partial charge in [0, 0.05) is 4.88 Å². The summed E-state index contributed by atoms with van der Waals surface area (Å²) in [5.74, 6) is -0.408. The summed E-state index contributed by atoms with van der Waals surface area (Å²) >= 11 is 1.53. The first-order valence-corrected chi connectivity index (χ1v) is 8.73. The number of aliphatic hydroxyl groups is 1.